The van der Waals surface area contributed by atoms with E-state index in [-0.39, 0.29) is 11.6 Å². The first kappa shape index (κ1) is 13.9. The molecule has 1 saturated carbocycles. The topological polar surface area (TPSA) is 79.2 Å². The van der Waals surface area contributed by atoms with E-state index in [1.807, 2.05) is 20.8 Å². The monoisotopic (exact) mass is 266 g/mol. The van der Waals surface area contributed by atoms with Crippen molar-refractivity contribution in [3.63, 3.8) is 0 Å². The fourth-order valence-electron chi connectivity index (χ4n) is 1.94. The van der Waals surface area contributed by atoms with Gasteiger partial charge in [-0.15, -0.1) is 0 Å². The second kappa shape index (κ2) is 4.85. The van der Waals surface area contributed by atoms with E-state index in [1.54, 1.807) is 17.1 Å². The van der Waals surface area contributed by atoms with Crippen molar-refractivity contribution in [1.29, 1.82) is 0 Å². The fourth-order valence-corrected chi connectivity index (χ4v) is 1.94. The highest BCUT2D eigenvalue weighted by molar-refractivity contribution is 5.88. The molecule has 2 rings (SSSR count). The Hall–Kier alpha value is -1.56. The Kier molecular flexibility index (Phi) is 3.54. The standard InChI is InChI=1S/C13H22N4O2/c1-12(2,3)17-8-10(7-15-17)16-11(18)14-9-13(19)5-4-6-13/h7-8,19H,4-6,9H2,1-3H3,(H2,14,16,18). The highest BCUT2D eigenvalue weighted by Gasteiger charge is 2.34. The first-order valence-corrected chi connectivity index (χ1v) is 6.61. The number of carbonyl (C=O) groups excluding carboxylic acids is 1. The van der Waals surface area contributed by atoms with Gasteiger partial charge in [0.1, 0.15) is 0 Å². The minimum Gasteiger partial charge on any atom is -0.388 e. The summed E-state index contributed by atoms with van der Waals surface area (Å²) in [5.41, 5.74) is -0.169. The summed E-state index contributed by atoms with van der Waals surface area (Å²) in [7, 11) is 0. The van der Waals surface area contributed by atoms with Crippen LogP contribution < -0.4 is 10.6 Å². The molecule has 0 radical (unpaired) electrons. The van der Waals surface area contributed by atoms with Gasteiger partial charge in [0.25, 0.3) is 0 Å². The number of hydrogen-bond acceptors (Lipinski definition) is 3. The van der Waals surface area contributed by atoms with Gasteiger partial charge in [0, 0.05) is 12.7 Å². The zero-order valence-electron chi connectivity index (χ0n) is 11.7. The van der Waals surface area contributed by atoms with E-state index in [2.05, 4.69) is 15.7 Å². The third-order valence-corrected chi connectivity index (χ3v) is 3.39. The molecule has 0 spiro atoms. The van der Waals surface area contributed by atoms with E-state index in [4.69, 9.17) is 0 Å². The minimum absolute atomic E-state index is 0.114. The number of nitrogens with one attached hydrogen (secondary N) is 2. The third-order valence-electron chi connectivity index (χ3n) is 3.39. The normalized spacial score (nSPS) is 17.7. The number of carbonyl (C=O) groups is 1. The second-order valence-corrected chi connectivity index (χ2v) is 6.23. The van der Waals surface area contributed by atoms with E-state index < -0.39 is 5.60 Å². The molecule has 0 aliphatic heterocycles. The van der Waals surface area contributed by atoms with Crippen LogP contribution in [-0.4, -0.2) is 33.1 Å². The van der Waals surface area contributed by atoms with Gasteiger partial charge in [0.15, 0.2) is 0 Å². The average Bonchev–Trinajstić information content (AvgIpc) is 2.72. The van der Waals surface area contributed by atoms with Crippen molar-refractivity contribution in [3.8, 4) is 0 Å². The molecule has 3 N–H and O–H groups in total. The summed E-state index contributed by atoms with van der Waals surface area (Å²) in [6.07, 6.45) is 5.95. The van der Waals surface area contributed by atoms with Crippen LogP contribution in [-0.2, 0) is 5.54 Å². The molecule has 6 heteroatoms. The molecule has 1 fully saturated rings. The van der Waals surface area contributed by atoms with Crippen molar-refractivity contribution in [2.24, 2.45) is 0 Å². The molecule has 1 aromatic rings. The largest absolute Gasteiger partial charge is 0.388 e. The zero-order chi connectivity index (χ0) is 14.1. The molecule has 106 valence electrons. The van der Waals surface area contributed by atoms with E-state index >= 15 is 0 Å². The number of hydrogen-bond donors (Lipinski definition) is 3. The van der Waals surface area contributed by atoms with E-state index in [1.165, 1.54) is 0 Å². The minimum atomic E-state index is -0.701. The second-order valence-electron chi connectivity index (χ2n) is 6.23. The van der Waals surface area contributed by atoms with Crippen LogP contribution in [0.5, 0.6) is 0 Å². The molecule has 0 saturated heterocycles. The van der Waals surface area contributed by atoms with Gasteiger partial charge in [-0.25, -0.2) is 4.79 Å². The van der Waals surface area contributed by atoms with Crippen LogP contribution in [0.2, 0.25) is 0 Å². The van der Waals surface area contributed by atoms with Gasteiger partial charge in [0.2, 0.25) is 0 Å². The molecule has 0 aromatic carbocycles. The van der Waals surface area contributed by atoms with Crippen LogP contribution in [0.15, 0.2) is 12.4 Å². The number of aliphatic hydroxyl groups is 1. The lowest BCUT2D eigenvalue weighted by molar-refractivity contribution is -0.0287. The highest BCUT2D eigenvalue weighted by Crippen LogP contribution is 2.30. The maximum absolute atomic E-state index is 11.7. The van der Waals surface area contributed by atoms with Crippen molar-refractivity contribution in [1.82, 2.24) is 15.1 Å². The maximum atomic E-state index is 11.7. The molecule has 2 amide bonds. The summed E-state index contributed by atoms with van der Waals surface area (Å²) >= 11 is 0. The number of amides is 2. The van der Waals surface area contributed by atoms with E-state index in [0.717, 1.165) is 19.3 Å². The van der Waals surface area contributed by atoms with Crippen LogP contribution in [0.1, 0.15) is 40.0 Å². The molecule has 0 unspecified atom stereocenters. The van der Waals surface area contributed by atoms with Crippen molar-refractivity contribution in [3.05, 3.63) is 12.4 Å². The molecule has 6 nitrogen and oxygen atoms in total. The number of aromatic nitrogens is 2. The number of rotatable bonds is 3. The lowest BCUT2D eigenvalue weighted by atomic mass is 9.80. The molecule has 1 aliphatic carbocycles. The quantitative estimate of drug-likeness (QED) is 0.778. The van der Waals surface area contributed by atoms with Gasteiger partial charge in [-0.1, -0.05) is 0 Å². The van der Waals surface area contributed by atoms with E-state index in [9.17, 15) is 9.90 Å². The summed E-state index contributed by atoms with van der Waals surface area (Å²) in [5.74, 6) is 0. The predicted octanol–water partition coefficient (Wildman–Crippen LogP) is 1.67. The van der Waals surface area contributed by atoms with Gasteiger partial charge < -0.3 is 15.7 Å². The summed E-state index contributed by atoms with van der Waals surface area (Å²) < 4.78 is 1.79. The van der Waals surface area contributed by atoms with Crippen LogP contribution >= 0.6 is 0 Å². The van der Waals surface area contributed by atoms with Crippen molar-refractivity contribution in [2.45, 2.75) is 51.2 Å². The van der Waals surface area contributed by atoms with Crippen LogP contribution in [0.4, 0.5) is 10.5 Å². The number of nitrogens with zero attached hydrogens (tertiary/aromatic N) is 2. The number of urea groups is 1. The lowest BCUT2D eigenvalue weighted by Gasteiger charge is -2.36. The van der Waals surface area contributed by atoms with Gasteiger partial charge >= 0.3 is 6.03 Å². The Morgan fingerprint density at radius 2 is 2.21 bits per heavy atom. The summed E-state index contributed by atoms with van der Waals surface area (Å²) in [6.45, 7) is 6.41. The molecule has 19 heavy (non-hydrogen) atoms. The Morgan fingerprint density at radius 3 is 2.68 bits per heavy atom. The fraction of sp³-hybridized carbons (Fsp3) is 0.692. The third kappa shape index (κ3) is 3.47. The highest BCUT2D eigenvalue weighted by atomic mass is 16.3. The molecule has 0 atom stereocenters. The van der Waals surface area contributed by atoms with Crippen LogP contribution in [0.3, 0.4) is 0 Å². The average molecular weight is 266 g/mol. The molecule has 0 bridgehead atoms. The van der Waals surface area contributed by atoms with Crippen LogP contribution in [0.25, 0.3) is 0 Å². The van der Waals surface area contributed by atoms with Gasteiger partial charge in [-0.2, -0.15) is 5.10 Å². The van der Waals surface area contributed by atoms with Crippen molar-refractivity contribution < 1.29 is 9.90 Å². The first-order valence-electron chi connectivity index (χ1n) is 6.61. The summed E-state index contributed by atoms with van der Waals surface area (Å²) in [5, 5.41) is 19.5. The molecule has 1 aromatic heterocycles. The Balaban J connectivity index is 1.83. The smallest absolute Gasteiger partial charge is 0.319 e. The molecule has 1 aliphatic rings. The van der Waals surface area contributed by atoms with Gasteiger partial charge in [0.05, 0.1) is 23.0 Å². The Bertz CT molecular complexity index is 457. The Morgan fingerprint density at radius 1 is 1.53 bits per heavy atom. The Labute approximate surface area is 113 Å². The van der Waals surface area contributed by atoms with Crippen molar-refractivity contribution >= 4 is 11.7 Å². The van der Waals surface area contributed by atoms with Crippen molar-refractivity contribution in [2.75, 3.05) is 11.9 Å². The summed E-state index contributed by atoms with van der Waals surface area (Å²) in [4.78, 5) is 11.7. The van der Waals surface area contributed by atoms with Gasteiger partial charge in [-0.3, -0.25) is 4.68 Å². The zero-order valence-corrected chi connectivity index (χ0v) is 11.7. The molecular formula is C13H22N4O2. The lowest BCUT2D eigenvalue weighted by Crippen LogP contribution is -2.48. The molecule has 1 heterocycles. The first-order chi connectivity index (χ1) is 8.78. The maximum Gasteiger partial charge on any atom is 0.319 e. The predicted molar refractivity (Wildman–Crippen MR) is 73.0 cm³/mol. The summed E-state index contributed by atoms with van der Waals surface area (Å²) in [6, 6.07) is -0.311. The van der Waals surface area contributed by atoms with Crippen LogP contribution in [0, 0.1) is 0 Å². The SMILES string of the molecule is CC(C)(C)n1cc(NC(=O)NCC2(O)CCC2)cn1. The number of anilines is 1. The molecular weight excluding hydrogens is 244 g/mol. The van der Waals surface area contributed by atoms with E-state index in [0.29, 0.717) is 12.2 Å². The van der Waals surface area contributed by atoms with Gasteiger partial charge in [-0.05, 0) is 40.0 Å².